The molecule has 1 aliphatic rings. The number of phenolic OH excluding ortho intramolecular Hbond substituents is 4. The number of anilines is 1. The zero-order valence-corrected chi connectivity index (χ0v) is 13.6. The Bertz CT molecular complexity index is 894. The first-order chi connectivity index (χ1) is 11.4. The van der Waals surface area contributed by atoms with Crippen molar-refractivity contribution >= 4 is 46.0 Å². The summed E-state index contributed by atoms with van der Waals surface area (Å²) in [5.74, 6) is -1.57. The summed E-state index contributed by atoms with van der Waals surface area (Å²) in [5, 5.41) is 37.8. The fourth-order valence-corrected chi connectivity index (χ4v) is 3.42. The van der Waals surface area contributed by atoms with Crippen molar-refractivity contribution in [3.63, 3.8) is 0 Å². The molecule has 0 saturated carbocycles. The van der Waals surface area contributed by atoms with Crippen molar-refractivity contribution in [3.8, 4) is 23.0 Å². The number of aromatic hydroxyl groups is 4. The molecule has 122 valence electrons. The highest BCUT2D eigenvalue weighted by molar-refractivity contribution is 8.27. The third-order valence-corrected chi connectivity index (χ3v) is 4.61. The van der Waals surface area contributed by atoms with E-state index in [9.17, 15) is 25.2 Å². The Morgan fingerprint density at radius 1 is 0.917 bits per heavy atom. The van der Waals surface area contributed by atoms with Gasteiger partial charge in [0, 0.05) is 6.07 Å². The van der Waals surface area contributed by atoms with E-state index in [4.69, 9.17) is 12.2 Å². The average molecular weight is 361 g/mol. The van der Waals surface area contributed by atoms with E-state index in [1.807, 2.05) is 0 Å². The number of carbonyl (C=O) groups is 1. The largest absolute Gasteiger partial charge is 0.504 e. The zero-order chi connectivity index (χ0) is 17.4. The van der Waals surface area contributed by atoms with E-state index >= 15 is 0 Å². The normalized spacial score (nSPS) is 16.2. The van der Waals surface area contributed by atoms with Gasteiger partial charge in [0.05, 0.1) is 10.6 Å². The number of benzene rings is 2. The fourth-order valence-electron chi connectivity index (χ4n) is 2.12. The number of thioether (sulfide) groups is 1. The maximum Gasteiger partial charge on any atom is 0.270 e. The second-order valence-corrected chi connectivity index (χ2v) is 6.61. The molecule has 0 atom stereocenters. The van der Waals surface area contributed by atoms with Gasteiger partial charge in [0.2, 0.25) is 0 Å². The Kier molecular flexibility index (Phi) is 4.08. The van der Waals surface area contributed by atoms with Crippen LogP contribution in [-0.2, 0) is 4.79 Å². The van der Waals surface area contributed by atoms with Crippen LogP contribution in [0.5, 0.6) is 23.0 Å². The quantitative estimate of drug-likeness (QED) is 0.371. The average Bonchev–Trinajstić information content (AvgIpc) is 2.80. The lowest BCUT2D eigenvalue weighted by Crippen LogP contribution is -2.27. The number of thiocarbonyl (C=S) groups is 1. The maximum absolute atomic E-state index is 12.6. The Labute approximate surface area is 146 Å². The second-order valence-electron chi connectivity index (χ2n) is 4.94. The van der Waals surface area contributed by atoms with Gasteiger partial charge in [-0.25, -0.2) is 0 Å². The summed E-state index contributed by atoms with van der Waals surface area (Å²) in [6, 6.07) is 8.18. The van der Waals surface area contributed by atoms with E-state index in [1.165, 1.54) is 35.2 Å². The Balaban J connectivity index is 1.94. The van der Waals surface area contributed by atoms with Crippen LogP contribution in [-0.4, -0.2) is 30.7 Å². The lowest BCUT2D eigenvalue weighted by atomic mass is 10.2. The summed E-state index contributed by atoms with van der Waals surface area (Å²) in [4.78, 5) is 14.1. The van der Waals surface area contributed by atoms with Crippen LogP contribution in [0.3, 0.4) is 0 Å². The number of amides is 1. The van der Waals surface area contributed by atoms with Gasteiger partial charge < -0.3 is 20.4 Å². The first-order valence-corrected chi connectivity index (χ1v) is 7.91. The topological polar surface area (TPSA) is 101 Å². The van der Waals surface area contributed by atoms with Crippen molar-refractivity contribution in [1.29, 1.82) is 0 Å². The highest BCUT2D eigenvalue weighted by atomic mass is 32.2. The molecule has 8 heteroatoms. The molecule has 6 nitrogen and oxygen atoms in total. The number of nitrogens with zero attached hydrogens (tertiary/aromatic N) is 1. The molecule has 24 heavy (non-hydrogen) atoms. The number of phenols is 4. The van der Waals surface area contributed by atoms with Gasteiger partial charge in [-0.05, 0) is 35.9 Å². The minimum absolute atomic E-state index is 0.251. The molecule has 0 spiro atoms. The summed E-state index contributed by atoms with van der Waals surface area (Å²) in [5.41, 5.74) is 0.865. The number of carbonyl (C=O) groups excluding carboxylic acids is 1. The summed E-state index contributed by atoms with van der Waals surface area (Å²) in [6.45, 7) is 0. The van der Waals surface area contributed by atoms with Crippen molar-refractivity contribution in [2.45, 2.75) is 0 Å². The van der Waals surface area contributed by atoms with E-state index in [-0.39, 0.29) is 33.2 Å². The molecule has 0 bridgehead atoms. The van der Waals surface area contributed by atoms with E-state index in [1.54, 1.807) is 12.1 Å². The van der Waals surface area contributed by atoms with Crippen LogP contribution in [0.15, 0.2) is 41.3 Å². The third-order valence-electron chi connectivity index (χ3n) is 3.31. The van der Waals surface area contributed by atoms with Crippen molar-refractivity contribution < 1.29 is 25.2 Å². The Hall–Kier alpha value is -2.71. The van der Waals surface area contributed by atoms with Crippen molar-refractivity contribution in [3.05, 3.63) is 46.9 Å². The molecule has 2 aromatic rings. The SMILES string of the molecule is O=C1C(=Cc2ccc(O)c(O)c2)SC(=S)N1c1ccc(O)c(O)c1. The monoisotopic (exact) mass is 361 g/mol. The van der Waals surface area contributed by atoms with Gasteiger partial charge in [-0.3, -0.25) is 9.69 Å². The molecule has 1 amide bonds. The molecule has 1 saturated heterocycles. The summed E-state index contributed by atoms with van der Waals surface area (Å²) in [7, 11) is 0. The number of hydrogen-bond acceptors (Lipinski definition) is 7. The molecule has 0 aliphatic carbocycles. The first-order valence-electron chi connectivity index (χ1n) is 6.69. The molecule has 2 aromatic carbocycles. The van der Waals surface area contributed by atoms with Crippen LogP contribution in [0.4, 0.5) is 5.69 Å². The van der Waals surface area contributed by atoms with E-state index in [0.717, 1.165) is 11.8 Å². The van der Waals surface area contributed by atoms with Crippen LogP contribution in [0.25, 0.3) is 6.08 Å². The minimum Gasteiger partial charge on any atom is -0.504 e. The van der Waals surface area contributed by atoms with Crippen LogP contribution in [0, 0.1) is 0 Å². The molecular formula is C16H11NO5S2. The molecular weight excluding hydrogens is 350 g/mol. The van der Waals surface area contributed by atoms with Gasteiger partial charge in [0.1, 0.15) is 0 Å². The summed E-state index contributed by atoms with van der Waals surface area (Å²) >= 11 is 6.28. The molecule has 0 unspecified atom stereocenters. The summed E-state index contributed by atoms with van der Waals surface area (Å²) < 4.78 is 0.277. The van der Waals surface area contributed by atoms with Gasteiger partial charge >= 0.3 is 0 Å². The first kappa shape index (κ1) is 16.2. The lowest BCUT2D eigenvalue weighted by molar-refractivity contribution is -0.113. The van der Waals surface area contributed by atoms with Gasteiger partial charge in [0.25, 0.3) is 5.91 Å². The van der Waals surface area contributed by atoms with E-state index in [0.29, 0.717) is 16.2 Å². The lowest BCUT2D eigenvalue weighted by Gasteiger charge is -2.14. The molecule has 1 aliphatic heterocycles. The van der Waals surface area contributed by atoms with Crippen molar-refractivity contribution in [2.75, 3.05) is 4.90 Å². The predicted octanol–water partition coefficient (Wildman–Crippen LogP) is 2.91. The molecule has 4 N–H and O–H groups in total. The molecule has 1 heterocycles. The zero-order valence-electron chi connectivity index (χ0n) is 12.0. The van der Waals surface area contributed by atoms with Gasteiger partial charge in [-0.2, -0.15) is 0 Å². The highest BCUT2D eigenvalue weighted by Crippen LogP contribution is 2.39. The Morgan fingerprint density at radius 2 is 1.54 bits per heavy atom. The highest BCUT2D eigenvalue weighted by Gasteiger charge is 2.33. The van der Waals surface area contributed by atoms with Gasteiger partial charge in [0.15, 0.2) is 27.3 Å². The van der Waals surface area contributed by atoms with E-state index in [2.05, 4.69) is 0 Å². The van der Waals surface area contributed by atoms with E-state index < -0.39 is 0 Å². The molecule has 3 rings (SSSR count). The maximum atomic E-state index is 12.6. The van der Waals surface area contributed by atoms with Gasteiger partial charge in [-0.15, -0.1) is 0 Å². The predicted molar refractivity (Wildman–Crippen MR) is 95.2 cm³/mol. The third kappa shape index (κ3) is 2.89. The van der Waals surface area contributed by atoms with Crippen LogP contribution >= 0.6 is 24.0 Å². The molecule has 0 radical (unpaired) electrons. The number of hydrogen-bond donors (Lipinski definition) is 4. The van der Waals surface area contributed by atoms with Crippen molar-refractivity contribution in [1.82, 2.24) is 0 Å². The van der Waals surface area contributed by atoms with Gasteiger partial charge in [-0.1, -0.05) is 30.0 Å². The fraction of sp³-hybridized carbons (Fsp3) is 0. The standard InChI is InChI=1S/C16H11NO5S2/c18-10-3-1-8(5-12(10)20)6-14-15(22)17(16(23)24-14)9-2-4-11(19)13(21)7-9/h1-7,18-21H. The minimum atomic E-state index is -0.386. The second kappa shape index (κ2) is 6.06. The van der Waals surface area contributed by atoms with Crippen LogP contribution < -0.4 is 4.90 Å². The van der Waals surface area contributed by atoms with Crippen LogP contribution in [0.2, 0.25) is 0 Å². The van der Waals surface area contributed by atoms with Crippen LogP contribution in [0.1, 0.15) is 5.56 Å². The Morgan fingerprint density at radius 3 is 2.17 bits per heavy atom. The number of rotatable bonds is 2. The molecule has 1 fully saturated rings. The van der Waals surface area contributed by atoms with Crippen molar-refractivity contribution in [2.24, 2.45) is 0 Å². The summed E-state index contributed by atoms with van der Waals surface area (Å²) in [6.07, 6.45) is 1.54. The molecule has 0 aromatic heterocycles. The smallest absolute Gasteiger partial charge is 0.270 e.